The first-order chi connectivity index (χ1) is 12.2. The van der Waals surface area contributed by atoms with Crippen molar-refractivity contribution >= 4 is 5.91 Å². The Morgan fingerprint density at radius 1 is 1.04 bits per heavy atom. The number of aryl methyl sites for hydroxylation is 1. The number of nitrogens with one attached hydrogen (secondary N) is 1. The zero-order chi connectivity index (χ0) is 19.2. The molecule has 4 nitrogen and oxygen atoms in total. The van der Waals surface area contributed by atoms with Crippen molar-refractivity contribution in [3.63, 3.8) is 0 Å². The molecule has 0 fully saturated rings. The number of benzene rings is 2. The molecule has 1 unspecified atom stereocenters. The maximum Gasteiger partial charge on any atom is 0.422 e. The molecule has 0 aromatic heterocycles. The summed E-state index contributed by atoms with van der Waals surface area (Å²) in [4.78, 5) is 12.1. The molecule has 2 aromatic rings. The Labute approximate surface area is 149 Å². The molecule has 0 aliphatic carbocycles. The molecule has 0 aliphatic heterocycles. The Balaban J connectivity index is 1.80. The topological polar surface area (TPSA) is 47.6 Å². The van der Waals surface area contributed by atoms with E-state index < -0.39 is 18.9 Å². The molecule has 1 N–H and O–H groups in total. The zero-order valence-corrected chi connectivity index (χ0v) is 14.5. The average Bonchev–Trinajstić information content (AvgIpc) is 2.60. The zero-order valence-electron chi connectivity index (χ0n) is 14.5. The fourth-order valence-electron chi connectivity index (χ4n) is 2.08. The third-order valence-electron chi connectivity index (χ3n) is 3.50. The Morgan fingerprint density at radius 2 is 1.62 bits per heavy atom. The molecule has 2 aromatic carbocycles. The van der Waals surface area contributed by atoms with Crippen molar-refractivity contribution in [2.24, 2.45) is 0 Å². The summed E-state index contributed by atoms with van der Waals surface area (Å²) in [6.45, 7) is 2.50. The molecule has 7 heteroatoms. The lowest BCUT2D eigenvalue weighted by atomic mass is 10.2. The largest absolute Gasteiger partial charge is 0.484 e. The SMILES string of the molecule is Cc1ccc(OC(C)C(=O)NCc2ccc(OCC(F)(F)F)cc2)cc1. The monoisotopic (exact) mass is 367 g/mol. The normalized spacial score (nSPS) is 12.3. The van der Waals surface area contributed by atoms with Crippen LogP contribution in [0.5, 0.6) is 11.5 Å². The molecule has 0 spiro atoms. The Hall–Kier alpha value is -2.70. The number of halogens is 3. The summed E-state index contributed by atoms with van der Waals surface area (Å²) in [5.41, 5.74) is 1.83. The number of carbonyl (C=O) groups excluding carboxylic acids is 1. The van der Waals surface area contributed by atoms with E-state index in [4.69, 9.17) is 4.74 Å². The number of amides is 1. The van der Waals surface area contributed by atoms with Crippen molar-refractivity contribution < 1.29 is 27.4 Å². The Morgan fingerprint density at radius 3 is 2.19 bits per heavy atom. The van der Waals surface area contributed by atoms with Crippen LogP contribution in [0.3, 0.4) is 0 Å². The number of ether oxygens (including phenoxy) is 2. The van der Waals surface area contributed by atoms with E-state index in [-0.39, 0.29) is 18.2 Å². The van der Waals surface area contributed by atoms with Gasteiger partial charge in [-0.3, -0.25) is 4.79 Å². The van der Waals surface area contributed by atoms with E-state index in [1.807, 2.05) is 19.1 Å². The van der Waals surface area contributed by atoms with Crippen LogP contribution in [0.2, 0.25) is 0 Å². The van der Waals surface area contributed by atoms with Gasteiger partial charge in [0.15, 0.2) is 12.7 Å². The number of rotatable bonds is 7. The van der Waals surface area contributed by atoms with Crippen molar-refractivity contribution in [3.05, 3.63) is 59.7 Å². The van der Waals surface area contributed by atoms with Gasteiger partial charge in [0.25, 0.3) is 5.91 Å². The molecule has 140 valence electrons. The van der Waals surface area contributed by atoms with E-state index in [9.17, 15) is 18.0 Å². The van der Waals surface area contributed by atoms with Crippen LogP contribution in [-0.2, 0) is 11.3 Å². The summed E-state index contributed by atoms with van der Waals surface area (Å²) in [7, 11) is 0. The van der Waals surface area contributed by atoms with Crippen LogP contribution in [0.1, 0.15) is 18.1 Å². The quantitative estimate of drug-likeness (QED) is 0.804. The van der Waals surface area contributed by atoms with Crippen molar-refractivity contribution in [1.29, 1.82) is 0 Å². The second-order valence-electron chi connectivity index (χ2n) is 5.84. The predicted octanol–water partition coefficient (Wildman–Crippen LogP) is 4.02. The highest BCUT2D eigenvalue weighted by Gasteiger charge is 2.28. The van der Waals surface area contributed by atoms with Crippen molar-refractivity contribution in [2.45, 2.75) is 32.7 Å². The smallest absolute Gasteiger partial charge is 0.422 e. The second kappa shape index (κ2) is 8.60. The van der Waals surface area contributed by atoms with Gasteiger partial charge in [0.1, 0.15) is 11.5 Å². The van der Waals surface area contributed by atoms with Gasteiger partial charge in [0.2, 0.25) is 0 Å². The number of carbonyl (C=O) groups is 1. The highest BCUT2D eigenvalue weighted by atomic mass is 19.4. The molecule has 1 amide bonds. The summed E-state index contributed by atoms with van der Waals surface area (Å²) in [6, 6.07) is 13.4. The van der Waals surface area contributed by atoms with Gasteiger partial charge < -0.3 is 14.8 Å². The van der Waals surface area contributed by atoms with Crippen LogP contribution in [0, 0.1) is 6.92 Å². The van der Waals surface area contributed by atoms with Gasteiger partial charge in [0.05, 0.1) is 0 Å². The minimum atomic E-state index is -4.37. The summed E-state index contributed by atoms with van der Waals surface area (Å²) < 4.78 is 46.5. The van der Waals surface area contributed by atoms with Crippen LogP contribution in [0.25, 0.3) is 0 Å². The lowest BCUT2D eigenvalue weighted by Gasteiger charge is -2.15. The number of hydrogen-bond donors (Lipinski definition) is 1. The van der Waals surface area contributed by atoms with Crippen molar-refractivity contribution in [1.82, 2.24) is 5.32 Å². The van der Waals surface area contributed by atoms with Gasteiger partial charge in [-0.25, -0.2) is 0 Å². The van der Waals surface area contributed by atoms with E-state index in [0.717, 1.165) is 11.1 Å². The molecule has 0 radical (unpaired) electrons. The highest BCUT2D eigenvalue weighted by molar-refractivity contribution is 5.80. The van der Waals surface area contributed by atoms with E-state index in [1.54, 1.807) is 31.2 Å². The average molecular weight is 367 g/mol. The third-order valence-corrected chi connectivity index (χ3v) is 3.50. The molecule has 26 heavy (non-hydrogen) atoms. The molecule has 0 bridgehead atoms. The van der Waals surface area contributed by atoms with Gasteiger partial charge in [-0.1, -0.05) is 29.8 Å². The molecule has 0 heterocycles. The Bertz CT molecular complexity index is 712. The van der Waals surface area contributed by atoms with E-state index in [0.29, 0.717) is 5.75 Å². The Kier molecular flexibility index (Phi) is 6.49. The lowest BCUT2D eigenvalue weighted by molar-refractivity contribution is -0.153. The molecule has 0 saturated carbocycles. The van der Waals surface area contributed by atoms with Crippen LogP contribution in [0.15, 0.2) is 48.5 Å². The summed E-state index contributed by atoms with van der Waals surface area (Å²) in [5.74, 6) is 0.431. The first kappa shape index (κ1) is 19.6. The van der Waals surface area contributed by atoms with E-state index in [1.165, 1.54) is 12.1 Å². The minimum Gasteiger partial charge on any atom is -0.484 e. The summed E-state index contributed by atoms with van der Waals surface area (Å²) >= 11 is 0. The summed E-state index contributed by atoms with van der Waals surface area (Å²) in [6.07, 6.45) is -5.05. The van der Waals surface area contributed by atoms with Gasteiger partial charge >= 0.3 is 6.18 Å². The maximum atomic E-state index is 12.1. The molecule has 1 atom stereocenters. The van der Waals surface area contributed by atoms with Crippen LogP contribution in [-0.4, -0.2) is 24.8 Å². The number of alkyl halides is 3. The van der Waals surface area contributed by atoms with Gasteiger partial charge in [-0.2, -0.15) is 13.2 Å². The molecule has 0 saturated heterocycles. The van der Waals surface area contributed by atoms with Crippen molar-refractivity contribution in [2.75, 3.05) is 6.61 Å². The fourth-order valence-corrected chi connectivity index (χ4v) is 2.08. The molecule has 2 rings (SSSR count). The second-order valence-corrected chi connectivity index (χ2v) is 5.84. The highest BCUT2D eigenvalue weighted by Crippen LogP contribution is 2.19. The molecule has 0 aliphatic rings. The fraction of sp³-hybridized carbons (Fsp3) is 0.316. The lowest BCUT2D eigenvalue weighted by Crippen LogP contribution is -2.35. The van der Waals surface area contributed by atoms with E-state index in [2.05, 4.69) is 10.1 Å². The minimum absolute atomic E-state index is 0.119. The first-order valence-electron chi connectivity index (χ1n) is 8.02. The van der Waals surface area contributed by atoms with Crippen LogP contribution < -0.4 is 14.8 Å². The van der Waals surface area contributed by atoms with Crippen LogP contribution >= 0.6 is 0 Å². The first-order valence-corrected chi connectivity index (χ1v) is 8.02. The summed E-state index contributed by atoms with van der Waals surface area (Å²) in [5, 5.41) is 2.72. The number of hydrogen-bond acceptors (Lipinski definition) is 3. The predicted molar refractivity (Wildman–Crippen MR) is 91.1 cm³/mol. The van der Waals surface area contributed by atoms with Gasteiger partial charge in [-0.05, 0) is 43.7 Å². The molecular formula is C19H20F3NO3. The van der Waals surface area contributed by atoms with Crippen molar-refractivity contribution in [3.8, 4) is 11.5 Å². The van der Waals surface area contributed by atoms with Gasteiger partial charge in [-0.15, -0.1) is 0 Å². The maximum absolute atomic E-state index is 12.1. The standard InChI is InChI=1S/C19H20F3NO3/c1-13-3-7-17(8-4-13)26-14(2)18(24)23-11-15-5-9-16(10-6-15)25-12-19(20,21)22/h3-10,14H,11-12H2,1-2H3,(H,23,24). The van der Waals surface area contributed by atoms with Crippen LogP contribution in [0.4, 0.5) is 13.2 Å². The van der Waals surface area contributed by atoms with Gasteiger partial charge in [0, 0.05) is 6.54 Å². The third kappa shape index (κ3) is 6.66. The van der Waals surface area contributed by atoms with E-state index >= 15 is 0 Å². The molecular weight excluding hydrogens is 347 g/mol.